The quantitative estimate of drug-likeness (QED) is 0.852. The van der Waals surface area contributed by atoms with Crippen molar-refractivity contribution in [3.05, 3.63) is 34.9 Å². The topological polar surface area (TPSA) is 64.8 Å². The molecule has 0 unspecified atom stereocenters. The first-order chi connectivity index (χ1) is 9.88. The molecule has 0 fully saturated rings. The molecule has 0 spiro atoms. The Morgan fingerprint density at radius 1 is 1.24 bits per heavy atom. The van der Waals surface area contributed by atoms with E-state index >= 15 is 0 Å². The highest BCUT2D eigenvalue weighted by atomic mass is 32.2. The molecule has 0 aromatic carbocycles. The number of fused-ring (bicyclic) bond motifs is 1. The van der Waals surface area contributed by atoms with Gasteiger partial charge >= 0.3 is 0 Å². The van der Waals surface area contributed by atoms with Gasteiger partial charge in [0.1, 0.15) is 11.4 Å². The van der Waals surface area contributed by atoms with E-state index in [4.69, 9.17) is 0 Å². The van der Waals surface area contributed by atoms with Gasteiger partial charge in [-0.1, -0.05) is 0 Å². The number of nitrogens with zero attached hydrogens (tertiary/aromatic N) is 3. The van der Waals surface area contributed by atoms with Gasteiger partial charge < -0.3 is 0 Å². The molecule has 0 aliphatic heterocycles. The molecule has 2 aromatic rings. The van der Waals surface area contributed by atoms with Crippen LogP contribution in [0.5, 0.6) is 0 Å². The van der Waals surface area contributed by atoms with Crippen molar-refractivity contribution < 1.29 is 12.8 Å². The van der Waals surface area contributed by atoms with Crippen molar-refractivity contribution >= 4 is 10.0 Å². The molecule has 1 aliphatic rings. The Labute approximate surface area is 122 Å². The molecule has 1 aliphatic carbocycles. The molecule has 2 aromatic heterocycles. The third-order valence-corrected chi connectivity index (χ3v) is 4.59. The summed E-state index contributed by atoms with van der Waals surface area (Å²) in [6.07, 6.45) is 5.88. The maximum absolute atomic E-state index is 14.2. The van der Waals surface area contributed by atoms with Crippen molar-refractivity contribution in [3.63, 3.8) is 0 Å². The number of hydrogen-bond acceptors (Lipinski definition) is 4. The summed E-state index contributed by atoms with van der Waals surface area (Å²) < 4.78 is 38.9. The minimum Gasteiger partial charge on any atom is -0.251 e. The molecular weight excluding hydrogens is 293 g/mol. The van der Waals surface area contributed by atoms with Gasteiger partial charge in [0.2, 0.25) is 0 Å². The zero-order valence-corrected chi connectivity index (χ0v) is 12.7. The predicted molar refractivity (Wildman–Crippen MR) is 77.0 cm³/mol. The van der Waals surface area contributed by atoms with Crippen LogP contribution in [-0.4, -0.2) is 28.8 Å². The Morgan fingerprint density at radius 3 is 2.62 bits per heavy atom. The number of rotatable bonds is 2. The second kappa shape index (κ2) is 4.91. The monoisotopic (exact) mass is 309 g/mol. The second-order valence-electron chi connectivity index (χ2n) is 5.43. The van der Waals surface area contributed by atoms with Gasteiger partial charge in [-0.05, 0) is 44.2 Å². The van der Waals surface area contributed by atoms with E-state index < -0.39 is 15.8 Å². The summed E-state index contributed by atoms with van der Waals surface area (Å²) in [5.41, 5.74) is 2.67. The zero-order chi connectivity index (χ0) is 15.2. The van der Waals surface area contributed by atoms with E-state index in [-0.39, 0.29) is 5.69 Å². The average Bonchev–Trinajstić information content (AvgIpc) is 2.78. The lowest BCUT2D eigenvalue weighted by molar-refractivity contribution is 0.577. The maximum Gasteiger partial charge on any atom is 0.251 e. The van der Waals surface area contributed by atoms with Crippen LogP contribution < -0.4 is 0 Å². The van der Waals surface area contributed by atoms with E-state index in [1.54, 1.807) is 13.1 Å². The molecule has 0 amide bonds. The molecule has 0 N–H and O–H groups in total. The minimum absolute atomic E-state index is 0.126. The van der Waals surface area contributed by atoms with Crippen LogP contribution in [0.15, 0.2) is 12.3 Å². The van der Waals surface area contributed by atoms with Gasteiger partial charge in [-0.25, -0.2) is 12.8 Å². The standard InChI is InChI=1S/C14H16FN3O2S/c1-9-7-11(15)14(16-8-9)13-10-5-3-4-6-12(10)18(17-13)21(2,19)20/h7-8H,3-6H2,1-2H3. The Bertz CT molecular complexity index is 812. The van der Waals surface area contributed by atoms with Crippen molar-refractivity contribution in [1.29, 1.82) is 0 Å². The van der Waals surface area contributed by atoms with Crippen LogP contribution >= 0.6 is 0 Å². The number of halogens is 1. The molecule has 3 rings (SSSR count). The summed E-state index contributed by atoms with van der Waals surface area (Å²) >= 11 is 0. The van der Waals surface area contributed by atoms with Crippen LogP contribution in [0.4, 0.5) is 4.39 Å². The van der Waals surface area contributed by atoms with Gasteiger partial charge in [-0.2, -0.15) is 9.19 Å². The van der Waals surface area contributed by atoms with Crippen LogP contribution in [0.1, 0.15) is 29.7 Å². The average molecular weight is 309 g/mol. The molecule has 7 heteroatoms. The van der Waals surface area contributed by atoms with Gasteiger partial charge in [0.15, 0.2) is 5.82 Å². The molecule has 2 heterocycles. The van der Waals surface area contributed by atoms with Crippen LogP contribution in [0.3, 0.4) is 0 Å². The number of pyridine rings is 1. The number of hydrogen-bond donors (Lipinski definition) is 0. The van der Waals surface area contributed by atoms with Crippen molar-refractivity contribution in [2.24, 2.45) is 0 Å². The van der Waals surface area contributed by atoms with Crippen molar-refractivity contribution in [1.82, 2.24) is 14.2 Å². The number of aryl methyl sites for hydroxylation is 1. The molecule has 0 saturated carbocycles. The van der Waals surface area contributed by atoms with E-state index in [1.165, 1.54) is 6.07 Å². The summed E-state index contributed by atoms with van der Waals surface area (Å²) in [4.78, 5) is 4.11. The summed E-state index contributed by atoms with van der Waals surface area (Å²) in [6, 6.07) is 1.39. The summed E-state index contributed by atoms with van der Waals surface area (Å²) in [6.45, 7) is 1.75. The van der Waals surface area contributed by atoms with Crippen LogP contribution in [-0.2, 0) is 22.9 Å². The fourth-order valence-corrected chi connectivity index (χ4v) is 3.57. The largest absolute Gasteiger partial charge is 0.251 e. The van der Waals surface area contributed by atoms with Gasteiger partial charge in [0.25, 0.3) is 10.0 Å². The Balaban J connectivity index is 2.26. The fourth-order valence-electron chi connectivity index (χ4n) is 2.74. The van der Waals surface area contributed by atoms with Crippen LogP contribution in [0.25, 0.3) is 11.4 Å². The third-order valence-electron chi connectivity index (χ3n) is 3.66. The zero-order valence-electron chi connectivity index (χ0n) is 11.9. The summed E-state index contributed by atoms with van der Waals surface area (Å²) in [5, 5.41) is 4.15. The first-order valence-electron chi connectivity index (χ1n) is 6.82. The first kappa shape index (κ1) is 14.2. The lowest BCUT2D eigenvalue weighted by Gasteiger charge is -2.13. The highest BCUT2D eigenvalue weighted by molar-refractivity contribution is 7.89. The number of aromatic nitrogens is 3. The van der Waals surface area contributed by atoms with Crippen molar-refractivity contribution in [2.45, 2.75) is 32.6 Å². The lowest BCUT2D eigenvalue weighted by atomic mass is 9.95. The van der Waals surface area contributed by atoms with Gasteiger partial charge in [0, 0.05) is 11.8 Å². The Hall–Kier alpha value is -1.76. The summed E-state index contributed by atoms with van der Waals surface area (Å²) in [5.74, 6) is -0.471. The molecule has 0 atom stereocenters. The Morgan fingerprint density at radius 2 is 1.95 bits per heavy atom. The molecule has 21 heavy (non-hydrogen) atoms. The third kappa shape index (κ3) is 2.46. The smallest absolute Gasteiger partial charge is 0.251 e. The Kier molecular flexibility index (Phi) is 3.32. The summed E-state index contributed by atoms with van der Waals surface area (Å²) in [7, 11) is -3.50. The van der Waals surface area contributed by atoms with E-state index in [0.29, 0.717) is 29.8 Å². The molecule has 0 radical (unpaired) electrons. The fraction of sp³-hybridized carbons (Fsp3) is 0.429. The SMILES string of the molecule is Cc1cnc(-c2nn(S(C)(=O)=O)c3c2CCCC3)c(F)c1. The normalized spacial score (nSPS) is 15.0. The molecule has 0 bridgehead atoms. The second-order valence-corrected chi connectivity index (χ2v) is 7.24. The van der Waals surface area contributed by atoms with Crippen molar-refractivity contribution in [3.8, 4) is 11.4 Å². The van der Waals surface area contributed by atoms with Gasteiger partial charge in [-0.3, -0.25) is 4.98 Å². The van der Waals surface area contributed by atoms with Gasteiger partial charge in [0.05, 0.1) is 11.9 Å². The van der Waals surface area contributed by atoms with Gasteiger partial charge in [-0.15, -0.1) is 0 Å². The van der Waals surface area contributed by atoms with E-state index in [9.17, 15) is 12.8 Å². The minimum atomic E-state index is -3.50. The van der Waals surface area contributed by atoms with Crippen LogP contribution in [0, 0.1) is 12.7 Å². The lowest BCUT2D eigenvalue weighted by Crippen LogP contribution is -2.17. The van der Waals surface area contributed by atoms with Crippen LogP contribution in [0.2, 0.25) is 0 Å². The first-order valence-corrected chi connectivity index (χ1v) is 8.66. The molecular formula is C14H16FN3O2S. The predicted octanol–water partition coefficient (Wildman–Crippen LogP) is 2.08. The molecule has 0 saturated heterocycles. The van der Waals surface area contributed by atoms with E-state index in [0.717, 1.165) is 28.7 Å². The van der Waals surface area contributed by atoms with E-state index in [1.807, 2.05) is 0 Å². The van der Waals surface area contributed by atoms with Crippen molar-refractivity contribution in [2.75, 3.05) is 6.26 Å². The highest BCUT2D eigenvalue weighted by Gasteiger charge is 2.27. The molecule has 5 nitrogen and oxygen atoms in total. The van der Waals surface area contributed by atoms with E-state index in [2.05, 4.69) is 10.1 Å². The maximum atomic E-state index is 14.2. The molecule has 112 valence electrons. The highest BCUT2D eigenvalue weighted by Crippen LogP contribution is 2.32.